The number of ether oxygens (including phenoxy) is 2. The highest BCUT2D eigenvalue weighted by atomic mass is 16.5. The summed E-state index contributed by atoms with van der Waals surface area (Å²) >= 11 is 0. The molecule has 1 atom stereocenters. The van der Waals surface area contributed by atoms with Crippen molar-refractivity contribution in [3.8, 4) is 11.5 Å². The predicted octanol–water partition coefficient (Wildman–Crippen LogP) is 3.11. The second kappa shape index (κ2) is 8.12. The van der Waals surface area contributed by atoms with Crippen molar-refractivity contribution in [3.05, 3.63) is 53.6 Å². The van der Waals surface area contributed by atoms with Crippen LogP contribution in [0.25, 0.3) is 0 Å². The SMILES string of the molecule is CCOc1ccc(NC(=O)C(C)N2C(=O)c3ccccc3C2=O)cc1OCC. The third-order valence-electron chi connectivity index (χ3n) is 4.40. The lowest BCUT2D eigenvalue weighted by molar-refractivity contribution is -0.119. The van der Waals surface area contributed by atoms with E-state index >= 15 is 0 Å². The topological polar surface area (TPSA) is 84.9 Å². The molecule has 1 N–H and O–H groups in total. The largest absolute Gasteiger partial charge is 0.490 e. The van der Waals surface area contributed by atoms with Crippen LogP contribution in [0, 0.1) is 0 Å². The van der Waals surface area contributed by atoms with Gasteiger partial charge >= 0.3 is 0 Å². The van der Waals surface area contributed by atoms with E-state index in [-0.39, 0.29) is 0 Å². The van der Waals surface area contributed by atoms with E-state index in [9.17, 15) is 14.4 Å². The van der Waals surface area contributed by atoms with Crippen LogP contribution in [0.5, 0.6) is 11.5 Å². The van der Waals surface area contributed by atoms with Crippen LogP contribution in [0.1, 0.15) is 41.5 Å². The Hall–Kier alpha value is -3.35. The molecule has 3 rings (SSSR count). The van der Waals surface area contributed by atoms with Crippen LogP contribution in [0.2, 0.25) is 0 Å². The van der Waals surface area contributed by atoms with Crippen molar-refractivity contribution in [2.75, 3.05) is 18.5 Å². The molecule has 2 aromatic carbocycles. The lowest BCUT2D eigenvalue weighted by atomic mass is 10.1. The van der Waals surface area contributed by atoms with Gasteiger partial charge in [0.25, 0.3) is 11.8 Å². The molecule has 3 amide bonds. The number of fused-ring (bicyclic) bond motifs is 1. The maximum Gasteiger partial charge on any atom is 0.262 e. The minimum absolute atomic E-state index is 0.312. The van der Waals surface area contributed by atoms with Crippen molar-refractivity contribution in [3.63, 3.8) is 0 Å². The smallest absolute Gasteiger partial charge is 0.262 e. The van der Waals surface area contributed by atoms with E-state index in [0.29, 0.717) is 41.5 Å². The number of nitrogens with one attached hydrogen (secondary N) is 1. The van der Waals surface area contributed by atoms with E-state index in [1.807, 2.05) is 13.8 Å². The Morgan fingerprint density at radius 3 is 2.11 bits per heavy atom. The number of hydrogen-bond acceptors (Lipinski definition) is 5. The van der Waals surface area contributed by atoms with Gasteiger partial charge in [0.2, 0.25) is 5.91 Å². The molecule has 1 unspecified atom stereocenters. The van der Waals surface area contributed by atoms with Crippen molar-refractivity contribution < 1.29 is 23.9 Å². The lowest BCUT2D eigenvalue weighted by Crippen LogP contribution is -2.45. The van der Waals surface area contributed by atoms with Gasteiger partial charge in [0.1, 0.15) is 6.04 Å². The van der Waals surface area contributed by atoms with Gasteiger partial charge in [-0.1, -0.05) is 12.1 Å². The summed E-state index contributed by atoms with van der Waals surface area (Å²) in [6.45, 7) is 6.18. The van der Waals surface area contributed by atoms with Gasteiger partial charge in [-0.3, -0.25) is 19.3 Å². The summed E-state index contributed by atoms with van der Waals surface area (Å²) in [5.74, 6) is -0.317. The molecule has 0 fully saturated rings. The quantitative estimate of drug-likeness (QED) is 0.744. The van der Waals surface area contributed by atoms with E-state index in [0.717, 1.165) is 4.90 Å². The van der Waals surface area contributed by atoms with Gasteiger partial charge in [-0.2, -0.15) is 0 Å². The first-order valence-electron chi connectivity index (χ1n) is 9.15. The fourth-order valence-electron chi connectivity index (χ4n) is 3.05. The van der Waals surface area contributed by atoms with Crippen LogP contribution in [0.15, 0.2) is 42.5 Å². The molecule has 0 aromatic heterocycles. The van der Waals surface area contributed by atoms with Gasteiger partial charge in [-0.15, -0.1) is 0 Å². The van der Waals surface area contributed by atoms with Gasteiger partial charge < -0.3 is 14.8 Å². The first kappa shape index (κ1) is 19.4. The van der Waals surface area contributed by atoms with Gasteiger partial charge in [0.05, 0.1) is 24.3 Å². The minimum Gasteiger partial charge on any atom is -0.490 e. The maximum atomic E-state index is 12.7. The Bertz CT molecular complexity index is 890. The van der Waals surface area contributed by atoms with Crippen molar-refractivity contribution in [2.45, 2.75) is 26.8 Å². The molecular weight excluding hydrogens is 360 g/mol. The Labute approximate surface area is 163 Å². The van der Waals surface area contributed by atoms with E-state index in [4.69, 9.17) is 9.47 Å². The summed E-state index contributed by atoms with van der Waals surface area (Å²) in [5, 5.41) is 2.73. The van der Waals surface area contributed by atoms with Gasteiger partial charge in [0, 0.05) is 11.8 Å². The summed E-state index contributed by atoms with van der Waals surface area (Å²) in [6, 6.07) is 10.6. The van der Waals surface area contributed by atoms with Gasteiger partial charge in [0.15, 0.2) is 11.5 Å². The number of carbonyl (C=O) groups is 3. The Kier molecular flexibility index (Phi) is 5.63. The average Bonchev–Trinajstić information content (AvgIpc) is 2.94. The third-order valence-corrected chi connectivity index (χ3v) is 4.40. The van der Waals surface area contributed by atoms with Crippen molar-refractivity contribution in [2.24, 2.45) is 0 Å². The summed E-state index contributed by atoms with van der Waals surface area (Å²) in [4.78, 5) is 38.8. The zero-order valence-corrected chi connectivity index (χ0v) is 16.0. The number of amides is 3. The van der Waals surface area contributed by atoms with Crippen LogP contribution >= 0.6 is 0 Å². The third kappa shape index (κ3) is 3.55. The molecular formula is C21H22N2O5. The second-order valence-corrected chi connectivity index (χ2v) is 6.22. The van der Waals surface area contributed by atoms with Crippen molar-refractivity contribution >= 4 is 23.4 Å². The van der Waals surface area contributed by atoms with E-state index in [1.54, 1.807) is 42.5 Å². The Morgan fingerprint density at radius 2 is 1.54 bits per heavy atom. The van der Waals surface area contributed by atoms with Crippen molar-refractivity contribution in [1.82, 2.24) is 4.90 Å². The summed E-state index contributed by atoms with van der Waals surface area (Å²) in [5.41, 5.74) is 1.11. The van der Waals surface area contributed by atoms with E-state index in [1.165, 1.54) is 6.92 Å². The average molecular weight is 382 g/mol. The van der Waals surface area contributed by atoms with Crippen LogP contribution in [0.3, 0.4) is 0 Å². The number of hydrogen-bond donors (Lipinski definition) is 1. The van der Waals surface area contributed by atoms with Crippen LogP contribution in [0.4, 0.5) is 5.69 Å². The number of imide groups is 1. The van der Waals surface area contributed by atoms with Gasteiger partial charge in [-0.25, -0.2) is 0 Å². The fourth-order valence-corrected chi connectivity index (χ4v) is 3.05. The van der Waals surface area contributed by atoms with E-state index < -0.39 is 23.8 Å². The number of rotatable bonds is 7. The number of carbonyl (C=O) groups excluding carboxylic acids is 3. The number of nitrogens with zero attached hydrogens (tertiary/aromatic N) is 1. The summed E-state index contributed by atoms with van der Waals surface area (Å²) in [7, 11) is 0. The van der Waals surface area contributed by atoms with Crippen LogP contribution < -0.4 is 14.8 Å². The molecule has 0 radical (unpaired) electrons. The Morgan fingerprint density at radius 1 is 0.964 bits per heavy atom. The molecule has 0 saturated carbocycles. The van der Waals surface area contributed by atoms with Crippen molar-refractivity contribution in [1.29, 1.82) is 0 Å². The molecule has 1 aliphatic rings. The number of benzene rings is 2. The first-order chi connectivity index (χ1) is 13.5. The predicted molar refractivity (Wildman–Crippen MR) is 104 cm³/mol. The summed E-state index contributed by atoms with van der Waals surface area (Å²) in [6.07, 6.45) is 0. The summed E-state index contributed by atoms with van der Waals surface area (Å²) < 4.78 is 11.1. The molecule has 1 heterocycles. The maximum absolute atomic E-state index is 12.7. The fraction of sp³-hybridized carbons (Fsp3) is 0.286. The highest BCUT2D eigenvalue weighted by Gasteiger charge is 2.40. The molecule has 0 aliphatic carbocycles. The molecule has 0 spiro atoms. The Balaban J connectivity index is 1.77. The minimum atomic E-state index is -0.963. The molecule has 0 bridgehead atoms. The highest BCUT2D eigenvalue weighted by Crippen LogP contribution is 2.31. The molecule has 28 heavy (non-hydrogen) atoms. The van der Waals surface area contributed by atoms with Crippen LogP contribution in [-0.4, -0.2) is 41.9 Å². The molecule has 146 valence electrons. The molecule has 2 aromatic rings. The molecule has 7 nitrogen and oxygen atoms in total. The van der Waals surface area contributed by atoms with Gasteiger partial charge in [-0.05, 0) is 45.0 Å². The highest BCUT2D eigenvalue weighted by molar-refractivity contribution is 6.23. The van der Waals surface area contributed by atoms with Crippen LogP contribution in [-0.2, 0) is 4.79 Å². The first-order valence-corrected chi connectivity index (χ1v) is 9.15. The molecule has 1 aliphatic heterocycles. The second-order valence-electron chi connectivity index (χ2n) is 6.22. The lowest BCUT2D eigenvalue weighted by Gasteiger charge is -2.22. The number of anilines is 1. The zero-order chi connectivity index (χ0) is 20.3. The zero-order valence-electron chi connectivity index (χ0n) is 16.0. The normalized spacial score (nSPS) is 13.9. The molecule has 0 saturated heterocycles. The van der Waals surface area contributed by atoms with E-state index in [2.05, 4.69) is 5.32 Å². The molecule has 7 heteroatoms. The monoisotopic (exact) mass is 382 g/mol. The standard InChI is InChI=1S/C21H22N2O5/c1-4-27-17-11-10-14(12-18(17)28-5-2)22-19(24)13(3)23-20(25)15-8-6-7-9-16(15)21(23)26/h6-13H,4-5H2,1-3H3,(H,22,24).